The number of hydrogen-bond donors (Lipinski definition) is 1. The lowest BCUT2D eigenvalue weighted by molar-refractivity contribution is -0.114. The van der Waals surface area contributed by atoms with Crippen molar-refractivity contribution in [1.82, 2.24) is 0 Å². The average molecular weight is 430 g/mol. The zero-order valence-corrected chi connectivity index (χ0v) is 17.2. The monoisotopic (exact) mass is 430 g/mol. The van der Waals surface area contributed by atoms with Crippen molar-refractivity contribution in [3.05, 3.63) is 89.5 Å². The molecule has 0 saturated heterocycles. The van der Waals surface area contributed by atoms with Crippen LogP contribution < -0.4 is 9.62 Å². The summed E-state index contributed by atoms with van der Waals surface area (Å²) in [6.45, 7) is 2.90. The molecule has 0 heterocycles. The Bertz CT molecular complexity index is 1160. The minimum Gasteiger partial charge on any atom is -0.326 e. The number of amides is 1. The summed E-state index contributed by atoms with van der Waals surface area (Å²) in [7, 11) is -4.08. The van der Waals surface area contributed by atoms with E-state index in [1.165, 1.54) is 37.3 Å². The lowest BCUT2D eigenvalue weighted by Gasteiger charge is -2.25. The Morgan fingerprint density at radius 2 is 1.60 bits per heavy atom. The number of carbonyl (C=O) groups excluding carboxylic acids is 1. The third-order valence-electron chi connectivity index (χ3n) is 4.41. The van der Waals surface area contributed by atoms with Crippen LogP contribution in [-0.2, 0) is 21.4 Å². The molecule has 8 heteroatoms. The SMILES string of the molecule is CC(=O)Nc1ccc(S(=O)(=O)N(Cc2ccc(F)cc2F)c2ccc(C)cc2)cc1. The van der Waals surface area contributed by atoms with Gasteiger partial charge in [-0.1, -0.05) is 23.8 Å². The highest BCUT2D eigenvalue weighted by Gasteiger charge is 2.26. The van der Waals surface area contributed by atoms with Gasteiger partial charge in [-0.25, -0.2) is 17.2 Å². The van der Waals surface area contributed by atoms with E-state index < -0.39 is 21.7 Å². The molecule has 0 radical (unpaired) electrons. The number of rotatable bonds is 6. The number of aryl methyl sites for hydroxylation is 1. The molecule has 3 aromatic rings. The molecule has 1 amide bonds. The van der Waals surface area contributed by atoms with Gasteiger partial charge in [0.1, 0.15) is 11.6 Å². The van der Waals surface area contributed by atoms with Gasteiger partial charge in [0.2, 0.25) is 5.91 Å². The van der Waals surface area contributed by atoms with E-state index in [1.807, 2.05) is 6.92 Å². The Balaban J connectivity index is 2.03. The highest BCUT2D eigenvalue weighted by molar-refractivity contribution is 7.92. The summed E-state index contributed by atoms with van der Waals surface area (Å²) in [5.41, 5.74) is 1.77. The lowest BCUT2D eigenvalue weighted by Crippen LogP contribution is -2.31. The fourth-order valence-corrected chi connectivity index (χ4v) is 4.31. The fourth-order valence-electron chi connectivity index (χ4n) is 2.87. The number of anilines is 2. The summed E-state index contributed by atoms with van der Waals surface area (Å²) < 4.78 is 55.3. The summed E-state index contributed by atoms with van der Waals surface area (Å²) in [6.07, 6.45) is 0. The van der Waals surface area contributed by atoms with Crippen molar-refractivity contribution in [2.45, 2.75) is 25.3 Å². The number of hydrogen-bond acceptors (Lipinski definition) is 3. The van der Waals surface area contributed by atoms with Crippen molar-refractivity contribution in [2.75, 3.05) is 9.62 Å². The van der Waals surface area contributed by atoms with Gasteiger partial charge in [0.25, 0.3) is 10.0 Å². The van der Waals surface area contributed by atoms with Gasteiger partial charge in [-0.2, -0.15) is 0 Å². The van der Waals surface area contributed by atoms with Crippen LogP contribution in [0.4, 0.5) is 20.2 Å². The predicted molar refractivity (Wildman–Crippen MR) is 112 cm³/mol. The molecule has 0 spiro atoms. The van der Waals surface area contributed by atoms with E-state index in [9.17, 15) is 22.0 Å². The van der Waals surface area contributed by atoms with Crippen molar-refractivity contribution in [3.8, 4) is 0 Å². The molecule has 1 N–H and O–H groups in total. The zero-order chi connectivity index (χ0) is 21.9. The Morgan fingerprint density at radius 1 is 0.967 bits per heavy atom. The third-order valence-corrected chi connectivity index (χ3v) is 6.20. The van der Waals surface area contributed by atoms with E-state index in [0.717, 1.165) is 22.0 Å². The van der Waals surface area contributed by atoms with Gasteiger partial charge < -0.3 is 5.32 Å². The average Bonchev–Trinajstić information content (AvgIpc) is 2.68. The number of carbonyl (C=O) groups is 1. The minimum atomic E-state index is -4.08. The molecule has 0 aliphatic heterocycles. The van der Waals surface area contributed by atoms with Crippen molar-refractivity contribution >= 4 is 27.3 Å². The van der Waals surface area contributed by atoms with Gasteiger partial charge in [0, 0.05) is 24.2 Å². The van der Waals surface area contributed by atoms with E-state index in [0.29, 0.717) is 11.4 Å². The molecule has 5 nitrogen and oxygen atoms in total. The topological polar surface area (TPSA) is 66.5 Å². The second-order valence-corrected chi connectivity index (χ2v) is 8.65. The first kappa shape index (κ1) is 21.4. The number of benzene rings is 3. The van der Waals surface area contributed by atoms with E-state index >= 15 is 0 Å². The van der Waals surface area contributed by atoms with Gasteiger partial charge in [0.05, 0.1) is 17.1 Å². The van der Waals surface area contributed by atoms with Crippen molar-refractivity contribution in [2.24, 2.45) is 0 Å². The summed E-state index contributed by atoms with van der Waals surface area (Å²) in [4.78, 5) is 11.1. The molecule has 3 rings (SSSR count). The Labute approximate surface area is 174 Å². The van der Waals surface area contributed by atoms with Crippen LogP contribution in [0.5, 0.6) is 0 Å². The second-order valence-electron chi connectivity index (χ2n) is 6.79. The summed E-state index contributed by atoms with van der Waals surface area (Å²) in [5.74, 6) is -1.85. The first-order chi connectivity index (χ1) is 14.2. The Kier molecular flexibility index (Phi) is 6.17. The van der Waals surface area contributed by atoms with Crippen LogP contribution >= 0.6 is 0 Å². The normalized spacial score (nSPS) is 11.2. The maximum atomic E-state index is 14.3. The molecule has 0 bridgehead atoms. The summed E-state index contributed by atoms with van der Waals surface area (Å²) >= 11 is 0. The van der Waals surface area contributed by atoms with E-state index in [4.69, 9.17) is 0 Å². The molecule has 0 fully saturated rings. The van der Waals surface area contributed by atoms with Crippen molar-refractivity contribution in [1.29, 1.82) is 0 Å². The summed E-state index contributed by atoms with van der Waals surface area (Å²) in [5, 5.41) is 2.57. The Morgan fingerprint density at radius 3 is 2.17 bits per heavy atom. The van der Waals surface area contributed by atoms with Crippen LogP contribution in [0.15, 0.2) is 71.6 Å². The largest absolute Gasteiger partial charge is 0.326 e. The third kappa shape index (κ3) is 4.83. The molecule has 0 atom stereocenters. The number of nitrogens with zero attached hydrogens (tertiary/aromatic N) is 1. The second kappa shape index (κ2) is 8.62. The van der Waals surface area contributed by atoms with Crippen molar-refractivity contribution < 1.29 is 22.0 Å². The van der Waals surface area contributed by atoms with Crippen LogP contribution in [0.1, 0.15) is 18.1 Å². The van der Waals surface area contributed by atoms with Crippen LogP contribution in [0.3, 0.4) is 0 Å². The number of nitrogens with one attached hydrogen (secondary N) is 1. The minimum absolute atomic E-state index is 0.0281. The smallest absolute Gasteiger partial charge is 0.264 e. The molecule has 0 saturated carbocycles. The van der Waals surface area contributed by atoms with Gasteiger partial charge in [-0.05, 0) is 49.4 Å². The van der Waals surface area contributed by atoms with Gasteiger partial charge in [-0.3, -0.25) is 9.10 Å². The van der Waals surface area contributed by atoms with E-state index in [2.05, 4.69) is 5.32 Å². The van der Waals surface area contributed by atoms with Crippen LogP contribution in [0.25, 0.3) is 0 Å². The maximum Gasteiger partial charge on any atom is 0.264 e. The summed E-state index contributed by atoms with van der Waals surface area (Å²) in [6, 6.07) is 15.4. The van der Waals surface area contributed by atoms with Gasteiger partial charge in [-0.15, -0.1) is 0 Å². The van der Waals surface area contributed by atoms with Crippen LogP contribution in [0.2, 0.25) is 0 Å². The Hall–Kier alpha value is -3.26. The first-order valence-corrected chi connectivity index (χ1v) is 10.5. The molecular formula is C22H20F2N2O3S. The molecule has 30 heavy (non-hydrogen) atoms. The highest BCUT2D eigenvalue weighted by Crippen LogP contribution is 2.28. The fraction of sp³-hybridized carbons (Fsp3) is 0.136. The number of sulfonamides is 1. The standard InChI is InChI=1S/C22H20F2N2O3S/c1-15-3-9-20(10-4-15)26(14-17-5-6-18(23)13-22(17)24)30(28,29)21-11-7-19(8-12-21)25-16(2)27/h3-13H,14H2,1-2H3,(H,25,27). The molecule has 0 aliphatic carbocycles. The quantitative estimate of drug-likeness (QED) is 0.620. The van der Waals surface area contributed by atoms with Crippen molar-refractivity contribution in [3.63, 3.8) is 0 Å². The van der Waals surface area contributed by atoms with E-state index in [-0.39, 0.29) is 22.9 Å². The molecule has 0 aliphatic rings. The first-order valence-electron chi connectivity index (χ1n) is 9.08. The van der Waals surface area contributed by atoms with Crippen LogP contribution in [-0.4, -0.2) is 14.3 Å². The molecule has 156 valence electrons. The predicted octanol–water partition coefficient (Wildman–Crippen LogP) is 4.63. The van der Waals surface area contributed by atoms with Gasteiger partial charge >= 0.3 is 0 Å². The lowest BCUT2D eigenvalue weighted by atomic mass is 10.2. The number of halogens is 2. The van der Waals surface area contributed by atoms with Crippen LogP contribution in [0, 0.1) is 18.6 Å². The maximum absolute atomic E-state index is 14.3. The van der Waals surface area contributed by atoms with E-state index in [1.54, 1.807) is 24.3 Å². The molecule has 0 aromatic heterocycles. The highest BCUT2D eigenvalue weighted by atomic mass is 32.2. The molecule has 3 aromatic carbocycles. The van der Waals surface area contributed by atoms with Gasteiger partial charge in [0.15, 0.2) is 0 Å². The molecule has 0 unspecified atom stereocenters. The zero-order valence-electron chi connectivity index (χ0n) is 16.4. The molecular weight excluding hydrogens is 410 g/mol.